The third-order valence-corrected chi connectivity index (χ3v) is 15.9. The molecule has 8 atom stereocenters. The van der Waals surface area contributed by atoms with Crippen molar-refractivity contribution >= 4 is 8.32 Å². The first-order valence-corrected chi connectivity index (χ1v) is 16.8. The zero-order chi connectivity index (χ0) is 23.5. The normalized spacial score (nSPS) is 44.5. The van der Waals surface area contributed by atoms with E-state index in [1.54, 1.807) is 5.57 Å². The second kappa shape index (κ2) is 8.52. The topological polar surface area (TPSA) is 29.5 Å². The van der Waals surface area contributed by atoms with Crippen molar-refractivity contribution in [3.05, 3.63) is 11.6 Å². The predicted molar refractivity (Wildman–Crippen MR) is 138 cm³/mol. The smallest absolute Gasteiger partial charge is 0.192 e. The van der Waals surface area contributed by atoms with Crippen molar-refractivity contribution < 1.29 is 9.53 Å². The Morgan fingerprint density at radius 1 is 1.06 bits per heavy atom. The van der Waals surface area contributed by atoms with Crippen LogP contribution in [0.4, 0.5) is 0 Å². The van der Waals surface area contributed by atoms with Crippen molar-refractivity contribution in [2.45, 2.75) is 136 Å². The van der Waals surface area contributed by atoms with E-state index in [0.29, 0.717) is 23.4 Å². The first kappa shape index (κ1) is 25.0. The Morgan fingerprint density at radius 3 is 2.44 bits per heavy atom. The average Bonchev–Trinajstić information content (AvgIpc) is 3.00. The Morgan fingerprint density at radius 2 is 1.78 bits per heavy atom. The van der Waals surface area contributed by atoms with E-state index in [1.807, 2.05) is 0 Å². The summed E-state index contributed by atoms with van der Waals surface area (Å²) in [6, 6.07) is 0. The molecule has 2 nitrogen and oxygen atoms in total. The lowest BCUT2D eigenvalue weighted by atomic mass is 9.45. The standard InChI is InChI=1S/C29H52O2Si/c1-9-10-11-20-18-21-19-22(31-32(7,8)27(2,3)4)14-16-28(21,5)24-15-17-29(6)23(26(20)24)12-13-25(29)30/h18,20,22-26,30H,9-17,19H2,1-8H3/t20-,22-,23-,24-,25?,26-,28-,29-/m0/s1. The molecule has 0 saturated heterocycles. The number of aliphatic hydroxyl groups is 1. The molecule has 1 N–H and O–H groups in total. The molecule has 4 aliphatic carbocycles. The van der Waals surface area contributed by atoms with E-state index in [9.17, 15) is 5.11 Å². The van der Waals surface area contributed by atoms with Crippen LogP contribution >= 0.6 is 0 Å². The molecule has 3 fully saturated rings. The quantitative estimate of drug-likeness (QED) is 0.331. The van der Waals surface area contributed by atoms with Gasteiger partial charge in [-0.1, -0.05) is 66.0 Å². The monoisotopic (exact) mass is 460 g/mol. The third-order valence-electron chi connectivity index (χ3n) is 11.3. The summed E-state index contributed by atoms with van der Waals surface area (Å²) in [6.45, 7) is 19.3. The van der Waals surface area contributed by atoms with Gasteiger partial charge in [0.25, 0.3) is 0 Å². The van der Waals surface area contributed by atoms with Crippen LogP contribution in [0.1, 0.15) is 106 Å². The van der Waals surface area contributed by atoms with Gasteiger partial charge in [0.05, 0.1) is 6.10 Å². The van der Waals surface area contributed by atoms with E-state index in [0.717, 1.165) is 18.3 Å². The number of rotatable bonds is 5. The minimum Gasteiger partial charge on any atom is -0.414 e. The maximum atomic E-state index is 10.9. The van der Waals surface area contributed by atoms with Crippen LogP contribution in [0.3, 0.4) is 0 Å². The summed E-state index contributed by atoms with van der Waals surface area (Å²) in [4.78, 5) is 0. The van der Waals surface area contributed by atoms with Gasteiger partial charge in [-0.05, 0) is 104 Å². The lowest BCUT2D eigenvalue weighted by molar-refractivity contribution is -0.0877. The highest BCUT2D eigenvalue weighted by molar-refractivity contribution is 6.74. The zero-order valence-electron chi connectivity index (χ0n) is 22.5. The van der Waals surface area contributed by atoms with Crippen molar-refractivity contribution in [1.82, 2.24) is 0 Å². The molecular weight excluding hydrogens is 408 g/mol. The van der Waals surface area contributed by atoms with Crippen LogP contribution in [0.15, 0.2) is 11.6 Å². The molecule has 0 aromatic rings. The van der Waals surface area contributed by atoms with Gasteiger partial charge in [-0.2, -0.15) is 0 Å². The van der Waals surface area contributed by atoms with E-state index in [-0.39, 0.29) is 16.6 Å². The van der Waals surface area contributed by atoms with Gasteiger partial charge in [0.1, 0.15) is 0 Å². The summed E-state index contributed by atoms with van der Waals surface area (Å²) in [5, 5.41) is 11.2. The summed E-state index contributed by atoms with van der Waals surface area (Å²) < 4.78 is 6.95. The van der Waals surface area contributed by atoms with Crippen LogP contribution < -0.4 is 0 Å². The molecule has 0 aromatic carbocycles. The molecule has 184 valence electrons. The van der Waals surface area contributed by atoms with Crippen LogP contribution in [0.25, 0.3) is 0 Å². The largest absolute Gasteiger partial charge is 0.414 e. The molecule has 0 aromatic heterocycles. The Labute approximate surface area is 200 Å². The molecule has 0 aliphatic heterocycles. The Kier molecular flexibility index (Phi) is 6.65. The molecule has 0 amide bonds. The summed E-state index contributed by atoms with van der Waals surface area (Å²) in [5.41, 5.74) is 2.27. The van der Waals surface area contributed by atoms with Crippen molar-refractivity contribution in [2.24, 2.45) is 34.5 Å². The molecule has 0 heterocycles. The van der Waals surface area contributed by atoms with Crippen molar-refractivity contribution in [1.29, 1.82) is 0 Å². The van der Waals surface area contributed by atoms with Gasteiger partial charge in [0.15, 0.2) is 8.32 Å². The Hall–Kier alpha value is -0.123. The molecule has 0 radical (unpaired) electrons. The first-order valence-electron chi connectivity index (χ1n) is 13.9. The van der Waals surface area contributed by atoms with E-state index >= 15 is 0 Å². The van der Waals surface area contributed by atoms with Crippen LogP contribution in [0.5, 0.6) is 0 Å². The van der Waals surface area contributed by atoms with E-state index in [1.165, 1.54) is 57.8 Å². The number of allylic oxidation sites excluding steroid dienone is 1. The summed E-state index contributed by atoms with van der Waals surface area (Å²) in [7, 11) is -1.74. The van der Waals surface area contributed by atoms with E-state index < -0.39 is 8.32 Å². The number of hydrogen-bond donors (Lipinski definition) is 1. The van der Waals surface area contributed by atoms with Crippen LogP contribution in [0, 0.1) is 34.5 Å². The van der Waals surface area contributed by atoms with Crippen LogP contribution in [-0.4, -0.2) is 25.6 Å². The van der Waals surface area contributed by atoms with Crippen LogP contribution in [0.2, 0.25) is 18.1 Å². The third kappa shape index (κ3) is 4.00. The summed E-state index contributed by atoms with van der Waals surface area (Å²) in [5.74, 6) is 3.02. The number of aliphatic hydroxyl groups excluding tert-OH is 1. The minimum atomic E-state index is -1.74. The Balaban J connectivity index is 1.63. The van der Waals surface area contributed by atoms with Gasteiger partial charge in [-0.15, -0.1) is 0 Å². The van der Waals surface area contributed by atoms with Crippen LogP contribution in [-0.2, 0) is 4.43 Å². The molecule has 0 spiro atoms. The van der Waals surface area contributed by atoms with Gasteiger partial charge < -0.3 is 9.53 Å². The molecule has 0 bridgehead atoms. The van der Waals surface area contributed by atoms with E-state index in [4.69, 9.17) is 4.43 Å². The number of hydrogen-bond acceptors (Lipinski definition) is 2. The molecule has 3 heteroatoms. The fraction of sp³-hybridized carbons (Fsp3) is 0.931. The highest BCUT2D eigenvalue weighted by Gasteiger charge is 2.60. The molecule has 1 unspecified atom stereocenters. The minimum absolute atomic E-state index is 0.0767. The predicted octanol–water partition coefficient (Wildman–Crippen LogP) is 8.12. The Bertz CT molecular complexity index is 721. The second-order valence-corrected chi connectivity index (χ2v) is 18.8. The fourth-order valence-electron chi connectivity index (χ4n) is 8.17. The second-order valence-electron chi connectivity index (χ2n) is 14.1. The lowest BCUT2D eigenvalue weighted by Gasteiger charge is -2.60. The number of unbranched alkanes of at least 4 members (excludes halogenated alkanes) is 1. The maximum Gasteiger partial charge on any atom is 0.192 e. The zero-order valence-corrected chi connectivity index (χ0v) is 23.5. The SMILES string of the molecule is CCCC[C@H]1C=C2C[C@@H](O[Si](C)(C)C(C)(C)C)CC[C@]2(C)[C@H]2CC[C@]3(C)C(O)CC[C@H]3[C@H]12. The average molecular weight is 461 g/mol. The summed E-state index contributed by atoms with van der Waals surface area (Å²) in [6.07, 6.45) is 15.6. The highest BCUT2D eigenvalue weighted by Crippen LogP contribution is 2.66. The van der Waals surface area contributed by atoms with Gasteiger partial charge >= 0.3 is 0 Å². The molecule has 3 saturated carbocycles. The highest BCUT2D eigenvalue weighted by atomic mass is 28.4. The fourth-order valence-corrected chi connectivity index (χ4v) is 9.56. The molecule has 4 rings (SSSR count). The van der Waals surface area contributed by atoms with Gasteiger partial charge in [0, 0.05) is 6.10 Å². The van der Waals surface area contributed by atoms with Crippen molar-refractivity contribution in [2.75, 3.05) is 0 Å². The number of fused-ring (bicyclic) bond motifs is 5. The van der Waals surface area contributed by atoms with Gasteiger partial charge in [0.2, 0.25) is 0 Å². The lowest BCUT2D eigenvalue weighted by Crippen LogP contribution is -2.54. The van der Waals surface area contributed by atoms with Gasteiger partial charge in [-0.25, -0.2) is 0 Å². The molecule has 32 heavy (non-hydrogen) atoms. The van der Waals surface area contributed by atoms with Gasteiger partial charge in [-0.3, -0.25) is 0 Å². The maximum absolute atomic E-state index is 10.9. The van der Waals surface area contributed by atoms with E-state index in [2.05, 4.69) is 60.7 Å². The first-order chi connectivity index (χ1) is 14.8. The molecule has 4 aliphatic rings. The molecular formula is C29H52O2Si. The summed E-state index contributed by atoms with van der Waals surface area (Å²) >= 11 is 0. The van der Waals surface area contributed by atoms with Crippen molar-refractivity contribution in [3.63, 3.8) is 0 Å². The van der Waals surface area contributed by atoms with Crippen molar-refractivity contribution in [3.8, 4) is 0 Å².